The molecule has 28 heavy (non-hydrogen) atoms. The van der Waals surface area contributed by atoms with E-state index < -0.39 is 39.2 Å². The summed E-state index contributed by atoms with van der Waals surface area (Å²) in [7, 11) is -4.13. The molecule has 2 rings (SSSR count). The fourth-order valence-electron chi connectivity index (χ4n) is 2.14. The molecule has 2 aromatic carbocycles. The zero-order valence-electron chi connectivity index (χ0n) is 14.2. The van der Waals surface area contributed by atoms with Gasteiger partial charge in [-0.3, -0.25) is 14.3 Å². The van der Waals surface area contributed by atoms with E-state index in [1.807, 2.05) is 0 Å². The number of hydrogen-bond donors (Lipinski definition) is 5. The van der Waals surface area contributed by atoms with Crippen LogP contribution in [0, 0.1) is 0 Å². The first kappa shape index (κ1) is 20.7. The number of carboxylic acid groups (broad SMARTS) is 2. The van der Waals surface area contributed by atoms with Crippen LogP contribution in [0.4, 0.5) is 5.69 Å². The molecule has 0 bridgehead atoms. The Balaban J connectivity index is 2.13. The van der Waals surface area contributed by atoms with Crippen molar-refractivity contribution in [1.82, 2.24) is 5.32 Å². The summed E-state index contributed by atoms with van der Waals surface area (Å²) in [6, 6.07) is 8.16. The van der Waals surface area contributed by atoms with Crippen molar-refractivity contribution < 1.29 is 38.1 Å². The molecule has 0 aliphatic heterocycles. The lowest BCUT2D eigenvalue weighted by Gasteiger charge is -2.10. The fraction of sp³-hybridized carbons (Fsp3) is 0.118. The Morgan fingerprint density at radius 1 is 0.964 bits per heavy atom. The standard InChI is InChI=1S/C17H16N2O8S/c20-14-6-5-12(9-13(14)17(24)25)28(26,27)19-11-3-1-10(2-4-11)16(23)18-8-7-15(21)22/h1-6,9,19-20H,7-8H2,(H,18,23)(H,21,22)(H,24,25). The highest BCUT2D eigenvalue weighted by molar-refractivity contribution is 7.92. The third kappa shape index (κ3) is 5.20. The maximum atomic E-state index is 12.4. The summed E-state index contributed by atoms with van der Waals surface area (Å²) in [5.41, 5.74) is -0.241. The second-order valence-electron chi connectivity index (χ2n) is 5.57. The SMILES string of the molecule is O=C(O)CCNC(=O)c1ccc(NS(=O)(=O)c2ccc(O)c(C(=O)O)c2)cc1. The predicted molar refractivity (Wildman–Crippen MR) is 96.9 cm³/mol. The first-order valence-corrected chi connectivity index (χ1v) is 9.27. The number of hydrogen-bond acceptors (Lipinski definition) is 6. The summed E-state index contributed by atoms with van der Waals surface area (Å²) in [4.78, 5) is 32.9. The molecule has 0 fully saturated rings. The van der Waals surface area contributed by atoms with Crippen LogP contribution in [0.15, 0.2) is 47.4 Å². The summed E-state index contributed by atoms with van der Waals surface area (Å²) in [6.45, 7) is -0.0463. The van der Waals surface area contributed by atoms with Gasteiger partial charge >= 0.3 is 11.9 Å². The van der Waals surface area contributed by atoms with Gasteiger partial charge in [-0.2, -0.15) is 0 Å². The van der Waals surface area contributed by atoms with Crippen LogP contribution in [-0.4, -0.2) is 48.1 Å². The molecule has 10 nitrogen and oxygen atoms in total. The van der Waals surface area contributed by atoms with Crippen LogP contribution in [-0.2, 0) is 14.8 Å². The van der Waals surface area contributed by atoms with E-state index in [-0.39, 0.29) is 29.1 Å². The van der Waals surface area contributed by atoms with Crippen molar-refractivity contribution in [2.75, 3.05) is 11.3 Å². The third-order valence-electron chi connectivity index (χ3n) is 3.53. The van der Waals surface area contributed by atoms with Gasteiger partial charge in [0, 0.05) is 17.8 Å². The van der Waals surface area contributed by atoms with Crippen LogP contribution < -0.4 is 10.0 Å². The number of carbonyl (C=O) groups is 3. The van der Waals surface area contributed by atoms with Gasteiger partial charge in [-0.15, -0.1) is 0 Å². The summed E-state index contributed by atoms with van der Waals surface area (Å²) in [6.07, 6.45) is -0.228. The average Bonchev–Trinajstić information content (AvgIpc) is 2.61. The fourth-order valence-corrected chi connectivity index (χ4v) is 3.23. The number of aliphatic carboxylic acids is 1. The second-order valence-corrected chi connectivity index (χ2v) is 7.25. The van der Waals surface area contributed by atoms with E-state index in [4.69, 9.17) is 10.2 Å². The second kappa shape index (κ2) is 8.39. The molecule has 0 aromatic heterocycles. The zero-order valence-corrected chi connectivity index (χ0v) is 15.1. The third-order valence-corrected chi connectivity index (χ3v) is 4.91. The predicted octanol–water partition coefficient (Wildman–Crippen LogP) is 1.10. The number of amides is 1. The first-order chi connectivity index (χ1) is 13.1. The largest absolute Gasteiger partial charge is 0.507 e. The van der Waals surface area contributed by atoms with Crippen molar-refractivity contribution in [3.05, 3.63) is 53.6 Å². The molecular formula is C17H16N2O8S. The molecule has 11 heteroatoms. The van der Waals surface area contributed by atoms with Gasteiger partial charge in [0.15, 0.2) is 0 Å². The van der Waals surface area contributed by atoms with Gasteiger partial charge in [0.25, 0.3) is 15.9 Å². The number of aromatic hydroxyl groups is 1. The Kier molecular flexibility index (Phi) is 6.21. The van der Waals surface area contributed by atoms with Crippen molar-refractivity contribution in [2.24, 2.45) is 0 Å². The monoisotopic (exact) mass is 408 g/mol. The van der Waals surface area contributed by atoms with Gasteiger partial charge < -0.3 is 20.6 Å². The van der Waals surface area contributed by atoms with Gasteiger partial charge in [0.1, 0.15) is 11.3 Å². The Morgan fingerprint density at radius 2 is 1.61 bits per heavy atom. The molecule has 1 amide bonds. The van der Waals surface area contributed by atoms with Crippen LogP contribution in [0.1, 0.15) is 27.1 Å². The van der Waals surface area contributed by atoms with Gasteiger partial charge in [0.2, 0.25) is 0 Å². The van der Waals surface area contributed by atoms with Crippen LogP contribution in [0.2, 0.25) is 0 Å². The quantitative estimate of drug-likeness (QED) is 0.432. The maximum absolute atomic E-state index is 12.4. The van der Waals surface area contributed by atoms with Crippen LogP contribution in [0.25, 0.3) is 0 Å². The highest BCUT2D eigenvalue weighted by Crippen LogP contribution is 2.23. The molecule has 2 aromatic rings. The topological polar surface area (TPSA) is 170 Å². The van der Waals surface area contributed by atoms with Gasteiger partial charge in [-0.25, -0.2) is 13.2 Å². The van der Waals surface area contributed by atoms with Crippen molar-refractivity contribution in [3.63, 3.8) is 0 Å². The van der Waals surface area contributed by atoms with Crippen molar-refractivity contribution >= 4 is 33.6 Å². The first-order valence-electron chi connectivity index (χ1n) is 7.79. The Labute approximate surface area is 159 Å². The van der Waals surface area contributed by atoms with E-state index in [1.165, 1.54) is 24.3 Å². The summed E-state index contributed by atoms with van der Waals surface area (Å²) in [5.74, 6) is -3.61. The number of anilines is 1. The molecule has 0 atom stereocenters. The van der Waals surface area contributed by atoms with E-state index >= 15 is 0 Å². The molecule has 0 radical (unpaired) electrons. The van der Waals surface area contributed by atoms with Crippen LogP contribution in [0.5, 0.6) is 5.75 Å². The zero-order chi connectivity index (χ0) is 20.9. The number of carboxylic acids is 2. The molecule has 0 spiro atoms. The lowest BCUT2D eigenvalue weighted by atomic mass is 10.2. The number of sulfonamides is 1. The van der Waals surface area contributed by atoms with E-state index in [9.17, 15) is 27.9 Å². The summed E-state index contributed by atoms with van der Waals surface area (Å²) in [5, 5.41) is 29.4. The number of aromatic carboxylic acids is 1. The van der Waals surface area contributed by atoms with E-state index in [0.717, 1.165) is 18.2 Å². The number of benzene rings is 2. The van der Waals surface area contributed by atoms with E-state index in [0.29, 0.717) is 0 Å². The van der Waals surface area contributed by atoms with Crippen LogP contribution in [0.3, 0.4) is 0 Å². The van der Waals surface area contributed by atoms with Gasteiger partial charge in [-0.05, 0) is 42.5 Å². The summed E-state index contributed by atoms with van der Waals surface area (Å²) >= 11 is 0. The molecular weight excluding hydrogens is 392 g/mol. The molecule has 0 unspecified atom stereocenters. The van der Waals surface area contributed by atoms with Crippen molar-refractivity contribution in [3.8, 4) is 5.75 Å². The normalized spacial score (nSPS) is 10.9. The molecule has 0 aliphatic carbocycles. The highest BCUT2D eigenvalue weighted by Gasteiger charge is 2.19. The highest BCUT2D eigenvalue weighted by atomic mass is 32.2. The Bertz CT molecular complexity index is 1020. The molecule has 148 valence electrons. The van der Waals surface area contributed by atoms with Gasteiger partial charge in [0.05, 0.1) is 11.3 Å². The minimum absolute atomic E-state index is 0.0463. The average molecular weight is 408 g/mol. The minimum Gasteiger partial charge on any atom is -0.507 e. The van der Waals surface area contributed by atoms with Gasteiger partial charge in [-0.1, -0.05) is 0 Å². The van der Waals surface area contributed by atoms with E-state index in [1.54, 1.807) is 0 Å². The minimum atomic E-state index is -4.13. The van der Waals surface area contributed by atoms with E-state index in [2.05, 4.69) is 10.0 Å². The smallest absolute Gasteiger partial charge is 0.339 e. The number of nitrogens with one attached hydrogen (secondary N) is 2. The Morgan fingerprint density at radius 3 is 2.18 bits per heavy atom. The van der Waals surface area contributed by atoms with Crippen molar-refractivity contribution in [1.29, 1.82) is 0 Å². The lowest BCUT2D eigenvalue weighted by molar-refractivity contribution is -0.136. The van der Waals surface area contributed by atoms with Crippen molar-refractivity contribution in [2.45, 2.75) is 11.3 Å². The number of carbonyl (C=O) groups excluding carboxylic acids is 1. The number of rotatable bonds is 8. The Hall–Kier alpha value is -3.60. The molecule has 5 N–H and O–H groups in total. The molecule has 0 heterocycles. The molecule has 0 aliphatic rings. The maximum Gasteiger partial charge on any atom is 0.339 e. The number of phenols is 1. The lowest BCUT2D eigenvalue weighted by Crippen LogP contribution is -2.25. The summed E-state index contributed by atoms with van der Waals surface area (Å²) < 4.78 is 27.0. The molecule has 0 saturated heterocycles. The molecule has 0 saturated carbocycles. The van der Waals surface area contributed by atoms with Crippen LogP contribution >= 0.6 is 0 Å².